The third-order valence-electron chi connectivity index (χ3n) is 4.92. The second-order valence-corrected chi connectivity index (χ2v) is 9.02. The van der Waals surface area contributed by atoms with Crippen molar-refractivity contribution < 1.29 is 17.9 Å². The van der Waals surface area contributed by atoms with Crippen molar-refractivity contribution in [1.29, 1.82) is 0 Å². The SMILES string of the molecule is COc1ccc(S(=O)(=O)c2c(C)cc(C)n(CC(=O)NCc3ccccc3)c2=O)cc1. The van der Waals surface area contributed by atoms with Crippen LogP contribution in [-0.2, 0) is 27.7 Å². The predicted molar refractivity (Wildman–Crippen MR) is 117 cm³/mol. The molecule has 0 spiro atoms. The Labute approximate surface area is 181 Å². The van der Waals surface area contributed by atoms with E-state index in [0.29, 0.717) is 23.6 Å². The van der Waals surface area contributed by atoms with Crippen molar-refractivity contribution in [1.82, 2.24) is 9.88 Å². The number of sulfone groups is 1. The van der Waals surface area contributed by atoms with Gasteiger partial charge in [0.25, 0.3) is 5.56 Å². The number of nitrogens with zero attached hydrogens (tertiary/aromatic N) is 1. The van der Waals surface area contributed by atoms with E-state index < -0.39 is 15.4 Å². The van der Waals surface area contributed by atoms with Crippen LogP contribution in [-0.4, -0.2) is 26.0 Å². The number of amides is 1. The predicted octanol–water partition coefficient (Wildman–Crippen LogP) is 2.62. The molecule has 8 heteroatoms. The van der Waals surface area contributed by atoms with E-state index in [0.717, 1.165) is 5.56 Å². The number of methoxy groups -OCH3 is 1. The number of aryl methyl sites for hydroxylation is 2. The van der Waals surface area contributed by atoms with Crippen LogP contribution in [0.3, 0.4) is 0 Å². The summed E-state index contributed by atoms with van der Waals surface area (Å²) in [6.45, 7) is 3.28. The lowest BCUT2D eigenvalue weighted by atomic mass is 10.2. The van der Waals surface area contributed by atoms with Gasteiger partial charge in [-0.15, -0.1) is 0 Å². The normalized spacial score (nSPS) is 11.2. The lowest BCUT2D eigenvalue weighted by Gasteiger charge is -2.15. The lowest BCUT2D eigenvalue weighted by Crippen LogP contribution is -2.35. The molecule has 0 bridgehead atoms. The Kier molecular flexibility index (Phi) is 6.60. The molecule has 0 aliphatic carbocycles. The minimum absolute atomic E-state index is 0.0163. The molecule has 7 nitrogen and oxygen atoms in total. The fraction of sp³-hybridized carbons (Fsp3) is 0.217. The quantitative estimate of drug-likeness (QED) is 0.610. The van der Waals surface area contributed by atoms with Crippen LogP contribution < -0.4 is 15.6 Å². The van der Waals surface area contributed by atoms with Crippen molar-refractivity contribution in [3.63, 3.8) is 0 Å². The third kappa shape index (κ3) is 4.86. The maximum Gasteiger partial charge on any atom is 0.270 e. The zero-order chi connectivity index (χ0) is 22.6. The van der Waals surface area contributed by atoms with Crippen LogP contribution >= 0.6 is 0 Å². The van der Waals surface area contributed by atoms with Gasteiger partial charge in [-0.25, -0.2) is 8.42 Å². The number of carbonyl (C=O) groups excluding carboxylic acids is 1. The highest BCUT2D eigenvalue weighted by Crippen LogP contribution is 2.23. The standard InChI is InChI=1S/C23H24N2O5S/c1-16-13-17(2)25(15-21(26)24-14-18-7-5-4-6-8-18)23(27)22(16)31(28,29)20-11-9-19(30-3)10-12-20/h4-13H,14-15H2,1-3H3,(H,24,26). The van der Waals surface area contributed by atoms with Gasteiger partial charge in [-0.3, -0.25) is 9.59 Å². The van der Waals surface area contributed by atoms with Gasteiger partial charge in [0.05, 0.1) is 12.0 Å². The maximum atomic E-state index is 13.2. The molecule has 0 radical (unpaired) electrons. The summed E-state index contributed by atoms with van der Waals surface area (Å²) in [5, 5.41) is 2.76. The third-order valence-corrected chi connectivity index (χ3v) is 6.85. The molecule has 1 heterocycles. The van der Waals surface area contributed by atoms with Crippen LogP contribution in [0.15, 0.2) is 75.2 Å². The van der Waals surface area contributed by atoms with E-state index in [-0.39, 0.29) is 22.2 Å². The highest BCUT2D eigenvalue weighted by atomic mass is 32.2. The minimum atomic E-state index is -4.08. The Hall–Kier alpha value is -3.39. The fourth-order valence-electron chi connectivity index (χ4n) is 3.30. The Morgan fingerprint density at radius 2 is 1.68 bits per heavy atom. The number of rotatable bonds is 7. The summed E-state index contributed by atoms with van der Waals surface area (Å²) in [6.07, 6.45) is 0. The largest absolute Gasteiger partial charge is 0.497 e. The molecule has 2 aromatic carbocycles. The molecule has 0 unspecified atom stereocenters. The van der Waals surface area contributed by atoms with Gasteiger partial charge in [-0.2, -0.15) is 0 Å². The molecule has 3 rings (SSSR count). The second-order valence-electron chi connectivity index (χ2n) is 7.13. The number of aromatic nitrogens is 1. The molecule has 1 N–H and O–H groups in total. The van der Waals surface area contributed by atoms with Crippen molar-refractivity contribution in [2.75, 3.05) is 7.11 Å². The van der Waals surface area contributed by atoms with Crippen molar-refractivity contribution in [3.05, 3.63) is 87.8 Å². The first kappa shape index (κ1) is 22.3. The van der Waals surface area contributed by atoms with Gasteiger partial charge in [0, 0.05) is 12.2 Å². The van der Waals surface area contributed by atoms with E-state index in [1.165, 1.54) is 35.9 Å². The number of carbonyl (C=O) groups is 1. The molecule has 3 aromatic rings. The Morgan fingerprint density at radius 3 is 2.29 bits per heavy atom. The van der Waals surface area contributed by atoms with Crippen LogP contribution in [0.2, 0.25) is 0 Å². The average molecular weight is 441 g/mol. The van der Waals surface area contributed by atoms with Gasteiger partial charge in [0.2, 0.25) is 15.7 Å². The van der Waals surface area contributed by atoms with Gasteiger partial charge >= 0.3 is 0 Å². The van der Waals surface area contributed by atoms with E-state index in [1.54, 1.807) is 19.9 Å². The van der Waals surface area contributed by atoms with E-state index in [9.17, 15) is 18.0 Å². The fourth-order valence-corrected chi connectivity index (χ4v) is 4.85. The molecule has 162 valence electrons. The van der Waals surface area contributed by atoms with Crippen molar-refractivity contribution in [2.45, 2.75) is 36.7 Å². The Balaban J connectivity index is 1.92. The summed E-state index contributed by atoms with van der Waals surface area (Å²) < 4.78 is 32.6. The zero-order valence-electron chi connectivity index (χ0n) is 17.6. The van der Waals surface area contributed by atoms with E-state index in [1.807, 2.05) is 30.3 Å². The Morgan fingerprint density at radius 1 is 1.03 bits per heavy atom. The van der Waals surface area contributed by atoms with E-state index in [4.69, 9.17) is 4.74 Å². The van der Waals surface area contributed by atoms with Gasteiger partial charge in [-0.1, -0.05) is 30.3 Å². The second kappa shape index (κ2) is 9.18. The molecule has 0 saturated heterocycles. The first-order valence-electron chi connectivity index (χ1n) is 9.65. The average Bonchev–Trinajstić information content (AvgIpc) is 2.75. The molecule has 0 aliphatic rings. The molecule has 1 aromatic heterocycles. The number of ether oxygens (including phenoxy) is 1. The number of benzene rings is 2. The summed E-state index contributed by atoms with van der Waals surface area (Å²) >= 11 is 0. The van der Waals surface area contributed by atoms with E-state index >= 15 is 0 Å². The number of nitrogens with one attached hydrogen (secondary N) is 1. The monoisotopic (exact) mass is 440 g/mol. The number of hydrogen-bond donors (Lipinski definition) is 1. The van der Waals surface area contributed by atoms with Crippen LogP contribution in [0.5, 0.6) is 5.75 Å². The molecule has 0 fully saturated rings. The van der Waals surface area contributed by atoms with Crippen molar-refractivity contribution >= 4 is 15.7 Å². The minimum Gasteiger partial charge on any atom is -0.497 e. The molecule has 0 atom stereocenters. The van der Waals surface area contributed by atoms with E-state index in [2.05, 4.69) is 5.32 Å². The first-order valence-corrected chi connectivity index (χ1v) is 11.1. The summed E-state index contributed by atoms with van der Waals surface area (Å²) in [7, 11) is -2.59. The van der Waals surface area contributed by atoms with Crippen molar-refractivity contribution in [2.24, 2.45) is 0 Å². The van der Waals surface area contributed by atoms with Crippen LogP contribution in [0.25, 0.3) is 0 Å². The molecular formula is C23H24N2O5S. The lowest BCUT2D eigenvalue weighted by molar-refractivity contribution is -0.121. The molecular weight excluding hydrogens is 416 g/mol. The smallest absolute Gasteiger partial charge is 0.270 e. The molecule has 1 amide bonds. The summed E-state index contributed by atoms with van der Waals surface area (Å²) in [5.74, 6) is 0.123. The van der Waals surface area contributed by atoms with Crippen LogP contribution in [0, 0.1) is 13.8 Å². The van der Waals surface area contributed by atoms with Gasteiger partial charge in [0.15, 0.2) is 0 Å². The number of hydrogen-bond acceptors (Lipinski definition) is 5. The Bertz CT molecular complexity index is 1250. The van der Waals surface area contributed by atoms with Crippen molar-refractivity contribution in [3.8, 4) is 5.75 Å². The zero-order valence-corrected chi connectivity index (χ0v) is 18.4. The molecule has 0 saturated carbocycles. The summed E-state index contributed by atoms with van der Waals surface area (Å²) in [6, 6.07) is 16.8. The number of pyridine rings is 1. The first-order chi connectivity index (χ1) is 14.7. The van der Waals surface area contributed by atoms with Crippen LogP contribution in [0.4, 0.5) is 0 Å². The summed E-state index contributed by atoms with van der Waals surface area (Å²) in [4.78, 5) is 25.2. The van der Waals surface area contributed by atoms with Gasteiger partial charge in [0.1, 0.15) is 17.2 Å². The maximum absolute atomic E-state index is 13.2. The molecule has 31 heavy (non-hydrogen) atoms. The summed E-state index contributed by atoms with van der Waals surface area (Å²) in [5.41, 5.74) is 1.04. The topological polar surface area (TPSA) is 94.5 Å². The highest BCUT2D eigenvalue weighted by Gasteiger charge is 2.26. The molecule has 0 aliphatic heterocycles. The van der Waals surface area contributed by atoms with Gasteiger partial charge < -0.3 is 14.6 Å². The van der Waals surface area contributed by atoms with Gasteiger partial charge in [-0.05, 0) is 55.3 Å². The highest BCUT2D eigenvalue weighted by molar-refractivity contribution is 7.91. The van der Waals surface area contributed by atoms with Crippen LogP contribution in [0.1, 0.15) is 16.8 Å².